The first-order valence-corrected chi connectivity index (χ1v) is 8.05. The molecule has 3 atom stereocenters. The van der Waals surface area contributed by atoms with Crippen LogP contribution in [-0.2, 0) is 4.79 Å². The Labute approximate surface area is 137 Å². The lowest BCUT2D eigenvalue weighted by atomic mass is 9.93. The van der Waals surface area contributed by atoms with Gasteiger partial charge in [0.1, 0.15) is 12.0 Å². The van der Waals surface area contributed by atoms with Crippen LogP contribution in [0.5, 0.6) is 0 Å². The number of rotatable bonds is 5. The van der Waals surface area contributed by atoms with Crippen LogP contribution >= 0.6 is 11.6 Å². The Morgan fingerprint density at radius 1 is 1.41 bits per heavy atom. The number of nitrogens with zero attached hydrogens (tertiary/aromatic N) is 2. The molecule has 1 unspecified atom stereocenters. The highest BCUT2D eigenvalue weighted by molar-refractivity contribution is 6.30. The summed E-state index contributed by atoms with van der Waals surface area (Å²) in [6.07, 6.45) is -0.0825. The van der Waals surface area contributed by atoms with E-state index in [4.69, 9.17) is 11.6 Å². The summed E-state index contributed by atoms with van der Waals surface area (Å²) in [4.78, 5) is 16.0. The third-order valence-electron chi connectivity index (χ3n) is 4.46. The maximum Gasteiger partial charge on any atom is 0.138 e. The molecular formula is C17H24ClFN2O. The number of alkyl halides is 1. The van der Waals surface area contributed by atoms with Gasteiger partial charge in [-0.25, -0.2) is 4.39 Å². The second kappa shape index (κ2) is 7.53. The number of halogens is 2. The molecule has 0 radical (unpaired) electrons. The summed E-state index contributed by atoms with van der Waals surface area (Å²) in [5.41, 5.74) is 0.946. The Hall–Kier alpha value is -0.970. The molecule has 1 aromatic rings. The number of hydrogen-bond acceptors (Lipinski definition) is 3. The number of carbonyl (C=O) groups excluding carboxylic acids is 1. The van der Waals surface area contributed by atoms with Gasteiger partial charge in [0.2, 0.25) is 0 Å². The van der Waals surface area contributed by atoms with E-state index in [9.17, 15) is 9.18 Å². The maximum absolute atomic E-state index is 14.3. The van der Waals surface area contributed by atoms with Crippen LogP contribution in [0, 0.1) is 0 Å². The van der Waals surface area contributed by atoms with Gasteiger partial charge in [0, 0.05) is 24.2 Å². The van der Waals surface area contributed by atoms with E-state index in [0.29, 0.717) is 18.1 Å². The van der Waals surface area contributed by atoms with E-state index in [-0.39, 0.29) is 17.7 Å². The Kier molecular flexibility index (Phi) is 5.95. The third kappa shape index (κ3) is 4.28. The zero-order valence-electron chi connectivity index (χ0n) is 13.4. The summed E-state index contributed by atoms with van der Waals surface area (Å²) in [7, 11) is 3.83. The minimum Gasteiger partial charge on any atom is -0.303 e. The second-order valence-corrected chi connectivity index (χ2v) is 6.75. The summed E-state index contributed by atoms with van der Waals surface area (Å²) in [6, 6.07) is 7.33. The Balaban J connectivity index is 2.03. The molecule has 1 aliphatic rings. The first-order valence-electron chi connectivity index (χ1n) is 7.67. The Bertz CT molecular complexity index is 506. The molecule has 0 aromatic heterocycles. The quantitative estimate of drug-likeness (QED) is 0.831. The minimum atomic E-state index is -0.874. The van der Waals surface area contributed by atoms with Crippen molar-refractivity contribution in [3.63, 3.8) is 0 Å². The highest BCUT2D eigenvalue weighted by Gasteiger charge is 2.32. The average Bonchev–Trinajstić information content (AvgIpc) is 2.45. The van der Waals surface area contributed by atoms with Crippen molar-refractivity contribution < 1.29 is 9.18 Å². The van der Waals surface area contributed by atoms with E-state index < -0.39 is 6.17 Å². The predicted molar refractivity (Wildman–Crippen MR) is 88.3 cm³/mol. The van der Waals surface area contributed by atoms with Crippen LogP contribution in [0.15, 0.2) is 24.3 Å². The molecule has 0 N–H and O–H groups in total. The van der Waals surface area contributed by atoms with Gasteiger partial charge >= 0.3 is 0 Å². The smallest absolute Gasteiger partial charge is 0.138 e. The fourth-order valence-electron chi connectivity index (χ4n) is 3.12. The number of ketones is 1. The van der Waals surface area contributed by atoms with Crippen LogP contribution < -0.4 is 0 Å². The standard InChI is InChI=1S/C17H24ClFN2O/c1-12(22)15(13-4-6-14(18)7-5-13)10-21-9-8-17(20(2)3)16(19)11-21/h4-7,15-17H,8-11H2,1-3H3/t15?,16-,17+/m0/s1. The number of hydrogen-bond donors (Lipinski definition) is 0. The van der Waals surface area contributed by atoms with Gasteiger partial charge < -0.3 is 4.90 Å². The molecule has 0 spiro atoms. The van der Waals surface area contributed by atoms with E-state index in [1.807, 2.05) is 31.1 Å². The van der Waals surface area contributed by atoms with Crippen molar-refractivity contribution in [2.24, 2.45) is 0 Å². The van der Waals surface area contributed by atoms with E-state index in [1.165, 1.54) is 0 Å². The van der Waals surface area contributed by atoms with Crippen molar-refractivity contribution in [3.05, 3.63) is 34.9 Å². The molecule has 2 rings (SSSR count). The average molecular weight is 327 g/mol. The molecule has 5 heteroatoms. The molecule has 0 amide bonds. The van der Waals surface area contributed by atoms with Gasteiger partial charge in [0.15, 0.2) is 0 Å². The number of piperidine rings is 1. The van der Waals surface area contributed by atoms with Crippen molar-refractivity contribution >= 4 is 17.4 Å². The maximum atomic E-state index is 14.3. The Morgan fingerprint density at radius 3 is 2.55 bits per heavy atom. The molecule has 3 nitrogen and oxygen atoms in total. The zero-order chi connectivity index (χ0) is 16.3. The number of benzene rings is 1. The highest BCUT2D eigenvalue weighted by atomic mass is 35.5. The van der Waals surface area contributed by atoms with Crippen LogP contribution in [0.25, 0.3) is 0 Å². The van der Waals surface area contributed by atoms with Crippen LogP contribution in [0.4, 0.5) is 4.39 Å². The fourth-order valence-corrected chi connectivity index (χ4v) is 3.25. The van der Waals surface area contributed by atoms with Crippen molar-refractivity contribution in [3.8, 4) is 0 Å². The lowest BCUT2D eigenvalue weighted by Gasteiger charge is -2.38. The van der Waals surface area contributed by atoms with Crippen molar-refractivity contribution in [1.29, 1.82) is 0 Å². The second-order valence-electron chi connectivity index (χ2n) is 6.31. The normalized spacial score (nSPS) is 24.5. The zero-order valence-corrected chi connectivity index (χ0v) is 14.2. The summed E-state index contributed by atoms with van der Waals surface area (Å²) >= 11 is 5.90. The van der Waals surface area contributed by atoms with Gasteiger partial charge in [0.05, 0.1) is 5.92 Å². The number of Topliss-reactive ketones (excluding diaryl/α,β-unsaturated/α-hetero) is 1. The van der Waals surface area contributed by atoms with Crippen molar-refractivity contribution in [1.82, 2.24) is 9.80 Å². The van der Waals surface area contributed by atoms with Gasteiger partial charge in [-0.15, -0.1) is 0 Å². The molecule has 22 heavy (non-hydrogen) atoms. The Morgan fingerprint density at radius 2 is 2.05 bits per heavy atom. The topological polar surface area (TPSA) is 23.6 Å². The van der Waals surface area contributed by atoms with Gasteiger partial charge in [-0.2, -0.15) is 0 Å². The molecule has 1 fully saturated rings. The molecule has 0 aliphatic carbocycles. The molecular weight excluding hydrogens is 303 g/mol. The first kappa shape index (κ1) is 17.4. The van der Waals surface area contributed by atoms with Crippen molar-refractivity contribution in [2.45, 2.75) is 31.5 Å². The van der Waals surface area contributed by atoms with Gasteiger partial charge in [0.25, 0.3) is 0 Å². The van der Waals surface area contributed by atoms with E-state index >= 15 is 0 Å². The van der Waals surface area contributed by atoms with Crippen molar-refractivity contribution in [2.75, 3.05) is 33.7 Å². The predicted octanol–water partition coefficient (Wildman–Crippen LogP) is 2.99. The van der Waals surface area contributed by atoms with Gasteiger partial charge in [-0.05, 0) is 51.7 Å². The van der Waals surface area contributed by atoms with Crippen LogP contribution in [0.2, 0.25) is 5.02 Å². The summed E-state index contributed by atoms with van der Waals surface area (Å²) in [5, 5.41) is 0.654. The molecule has 122 valence electrons. The van der Waals surface area contributed by atoms with E-state index in [0.717, 1.165) is 18.5 Å². The largest absolute Gasteiger partial charge is 0.303 e. The highest BCUT2D eigenvalue weighted by Crippen LogP contribution is 2.24. The lowest BCUT2D eigenvalue weighted by Crippen LogP contribution is -2.51. The lowest BCUT2D eigenvalue weighted by molar-refractivity contribution is -0.119. The molecule has 1 aliphatic heterocycles. The summed E-state index contributed by atoms with van der Waals surface area (Å²) < 4.78 is 14.3. The van der Waals surface area contributed by atoms with Gasteiger partial charge in [-0.3, -0.25) is 9.69 Å². The fraction of sp³-hybridized carbons (Fsp3) is 0.588. The van der Waals surface area contributed by atoms with Crippen LogP contribution in [0.1, 0.15) is 24.8 Å². The minimum absolute atomic E-state index is 0.0254. The van der Waals surface area contributed by atoms with E-state index in [1.54, 1.807) is 19.1 Å². The molecule has 1 aromatic carbocycles. The number of likely N-dealkylation sites (tertiary alicyclic amines) is 1. The molecule has 0 saturated carbocycles. The molecule has 0 bridgehead atoms. The van der Waals surface area contributed by atoms with Gasteiger partial charge in [-0.1, -0.05) is 23.7 Å². The monoisotopic (exact) mass is 326 g/mol. The third-order valence-corrected chi connectivity index (χ3v) is 4.71. The summed E-state index contributed by atoms with van der Waals surface area (Å²) in [6.45, 7) is 3.37. The summed E-state index contributed by atoms with van der Waals surface area (Å²) in [5.74, 6) is -0.118. The first-order chi connectivity index (χ1) is 10.4. The SMILES string of the molecule is CC(=O)C(CN1CC[C@@H](N(C)C)[C@@H](F)C1)c1ccc(Cl)cc1. The van der Waals surface area contributed by atoms with E-state index in [2.05, 4.69) is 4.90 Å². The van der Waals surface area contributed by atoms with Crippen LogP contribution in [0.3, 0.4) is 0 Å². The number of carbonyl (C=O) groups is 1. The molecule has 1 saturated heterocycles. The molecule has 1 heterocycles. The van der Waals surface area contributed by atoms with Crippen LogP contribution in [-0.4, -0.2) is 61.5 Å².